The molecule has 1 aromatic rings. The third-order valence-corrected chi connectivity index (χ3v) is 4.27. The first kappa shape index (κ1) is 18.4. The molecule has 2 heterocycles. The van der Waals surface area contributed by atoms with Crippen LogP contribution in [0.1, 0.15) is 32.8 Å². The van der Waals surface area contributed by atoms with Crippen LogP contribution in [-0.2, 0) is 16.0 Å². The van der Waals surface area contributed by atoms with Gasteiger partial charge in [-0.2, -0.15) is 4.79 Å². The average Bonchev–Trinajstić information content (AvgIpc) is 3.10. The monoisotopic (exact) mass is 338 g/mol. The molecule has 0 amide bonds. The number of carbonyl (C=O) groups is 1. The smallest absolute Gasteiger partial charge is 0.312 e. The van der Waals surface area contributed by atoms with E-state index in [4.69, 9.17) is 4.74 Å². The van der Waals surface area contributed by atoms with Gasteiger partial charge in [0.2, 0.25) is 0 Å². The second-order valence-corrected chi connectivity index (χ2v) is 7.09. The molecule has 0 bridgehead atoms. The van der Waals surface area contributed by atoms with E-state index in [-0.39, 0.29) is 18.1 Å². The van der Waals surface area contributed by atoms with Gasteiger partial charge in [-0.1, -0.05) is 0 Å². The van der Waals surface area contributed by atoms with Gasteiger partial charge in [-0.25, -0.2) is 0 Å². The van der Waals surface area contributed by atoms with Gasteiger partial charge in [0, 0.05) is 32.6 Å². The summed E-state index contributed by atoms with van der Waals surface area (Å²) in [5.41, 5.74) is 3.61. The number of aromatic nitrogens is 2. The first-order chi connectivity index (χ1) is 11.3. The van der Waals surface area contributed by atoms with E-state index in [1.165, 1.54) is 0 Å². The summed E-state index contributed by atoms with van der Waals surface area (Å²) in [6, 6.07) is 0. The summed E-state index contributed by atoms with van der Waals surface area (Å²) in [5, 5.41) is 14.1. The molecule has 24 heavy (non-hydrogen) atoms. The van der Waals surface area contributed by atoms with E-state index < -0.39 is 5.41 Å². The number of nitrogens with one attached hydrogen (secondary N) is 4. The highest BCUT2D eigenvalue weighted by Gasteiger charge is 2.35. The molecule has 1 unspecified atom stereocenters. The van der Waals surface area contributed by atoms with Crippen LogP contribution in [0, 0.1) is 11.3 Å². The second-order valence-electron chi connectivity index (χ2n) is 7.09. The van der Waals surface area contributed by atoms with Crippen molar-refractivity contribution < 1.29 is 9.53 Å². The molecule has 8 heteroatoms. The summed E-state index contributed by atoms with van der Waals surface area (Å²) in [4.78, 5) is 13.9. The Morgan fingerprint density at radius 1 is 1.33 bits per heavy atom. The normalized spacial score (nSPS) is 20.8. The SMILES string of the molecule is CNc1nn(NC)c(NC)c1C[C@@H]1CCNC1OC(=O)C(C)(C)C. The van der Waals surface area contributed by atoms with Crippen molar-refractivity contribution in [3.8, 4) is 0 Å². The van der Waals surface area contributed by atoms with E-state index in [0.717, 1.165) is 36.6 Å². The van der Waals surface area contributed by atoms with Crippen LogP contribution in [0.5, 0.6) is 0 Å². The molecule has 2 atom stereocenters. The van der Waals surface area contributed by atoms with E-state index in [2.05, 4.69) is 26.5 Å². The fourth-order valence-electron chi connectivity index (χ4n) is 2.89. The Labute approximate surface area is 143 Å². The molecule has 1 aromatic heterocycles. The average molecular weight is 338 g/mol. The topological polar surface area (TPSA) is 92.2 Å². The van der Waals surface area contributed by atoms with Crippen LogP contribution in [0.25, 0.3) is 0 Å². The first-order valence-corrected chi connectivity index (χ1v) is 8.41. The lowest BCUT2D eigenvalue weighted by molar-refractivity contribution is -0.161. The maximum Gasteiger partial charge on any atom is 0.312 e. The number of rotatable bonds is 6. The zero-order valence-corrected chi connectivity index (χ0v) is 15.5. The number of hydrogen-bond donors (Lipinski definition) is 4. The minimum atomic E-state index is -0.502. The van der Waals surface area contributed by atoms with Crippen LogP contribution in [0.4, 0.5) is 11.6 Å². The summed E-state index contributed by atoms with van der Waals surface area (Å²) >= 11 is 0. The number of carbonyl (C=O) groups excluding carboxylic acids is 1. The van der Waals surface area contributed by atoms with Crippen molar-refractivity contribution in [2.24, 2.45) is 11.3 Å². The molecule has 4 N–H and O–H groups in total. The molecule has 8 nitrogen and oxygen atoms in total. The van der Waals surface area contributed by atoms with Crippen LogP contribution in [0.3, 0.4) is 0 Å². The maximum absolute atomic E-state index is 12.2. The molecular weight excluding hydrogens is 308 g/mol. The molecule has 0 spiro atoms. The summed E-state index contributed by atoms with van der Waals surface area (Å²) < 4.78 is 5.71. The fourth-order valence-corrected chi connectivity index (χ4v) is 2.89. The van der Waals surface area contributed by atoms with Gasteiger partial charge in [0.15, 0.2) is 17.9 Å². The second kappa shape index (κ2) is 7.29. The summed E-state index contributed by atoms with van der Waals surface area (Å²) in [5.74, 6) is 1.77. The molecular formula is C16H30N6O2. The van der Waals surface area contributed by atoms with Crippen molar-refractivity contribution in [3.63, 3.8) is 0 Å². The molecule has 1 aliphatic rings. The van der Waals surface area contributed by atoms with Gasteiger partial charge < -0.3 is 20.8 Å². The Bertz CT molecular complexity index is 578. The van der Waals surface area contributed by atoms with Gasteiger partial charge in [-0.15, -0.1) is 5.10 Å². The summed E-state index contributed by atoms with van der Waals surface area (Å²) in [6.45, 7) is 6.45. The van der Waals surface area contributed by atoms with Crippen LogP contribution in [0.2, 0.25) is 0 Å². The molecule has 1 aliphatic heterocycles. The standard InChI is InChI=1S/C16H30N6O2/c1-16(2,3)15(23)24-14-10(7-8-20-14)9-11-12(17-4)21-22(19-6)13(11)18-5/h10,14,18-20H,7-9H2,1-6H3,(H,17,21)/t10-,14?/m0/s1. The predicted octanol–water partition coefficient (Wildman–Crippen LogP) is 1.21. The molecule has 0 saturated carbocycles. The molecule has 136 valence electrons. The van der Waals surface area contributed by atoms with Gasteiger partial charge in [0.05, 0.1) is 5.41 Å². The maximum atomic E-state index is 12.2. The lowest BCUT2D eigenvalue weighted by Crippen LogP contribution is -2.37. The van der Waals surface area contributed by atoms with Gasteiger partial charge in [-0.05, 0) is 40.2 Å². The zero-order valence-electron chi connectivity index (χ0n) is 15.5. The highest BCUT2D eigenvalue weighted by molar-refractivity contribution is 5.75. The number of esters is 1. The first-order valence-electron chi connectivity index (χ1n) is 8.41. The number of ether oxygens (including phenoxy) is 1. The van der Waals surface area contributed by atoms with Crippen LogP contribution >= 0.6 is 0 Å². The van der Waals surface area contributed by atoms with E-state index in [1.54, 1.807) is 4.79 Å². The largest absolute Gasteiger partial charge is 0.446 e. The molecule has 0 aromatic carbocycles. The molecule has 1 fully saturated rings. The Kier molecular flexibility index (Phi) is 5.58. The van der Waals surface area contributed by atoms with Gasteiger partial charge in [0.1, 0.15) is 0 Å². The van der Waals surface area contributed by atoms with Crippen molar-refractivity contribution in [1.82, 2.24) is 15.2 Å². The quantitative estimate of drug-likeness (QED) is 0.579. The molecule has 2 rings (SSSR count). The van der Waals surface area contributed by atoms with E-state index in [0.29, 0.717) is 0 Å². The third-order valence-electron chi connectivity index (χ3n) is 4.27. The predicted molar refractivity (Wildman–Crippen MR) is 95.8 cm³/mol. The van der Waals surface area contributed by atoms with Crippen molar-refractivity contribution in [2.45, 2.75) is 39.8 Å². The van der Waals surface area contributed by atoms with Crippen LogP contribution in [-0.4, -0.2) is 49.8 Å². The number of hydrogen-bond acceptors (Lipinski definition) is 7. The van der Waals surface area contributed by atoms with Crippen molar-refractivity contribution in [3.05, 3.63) is 5.56 Å². The van der Waals surface area contributed by atoms with E-state index in [9.17, 15) is 4.79 Å². The Hall–Kier alpha value is -1.96. The van der Waals surface area contributed by atoms with Crippen LogP contribution in [0.15, 0.2) is 0 Å². The Balaban J connectivity index is 2.17. The molecule has 1 saturated heterocycles. The van der Waals surface area contributed by atoms with Gasteiger partial charge in [-0.3, -0.25) is 10.1 Å². The van der Waals surface area contributed by atoms with E-state index >= 15 is 0 Å². The third kappa shape index (κ3) is 3.75. The summed E-state index contributed by atoms with van der Waals surface area (Å²) in [7, 11) is 5.55. The number of nitrogens with zero attached hydrogens (tertiary/aromatic N) is 2. The summed E-state index contributed by atoms with van der Waals surface area (Å²) in [6.07, 6.45) is 1.46. The number of anilines is 2. The highest BCUT2D eigenvalue weighted by atomic mass is 16.6. The zero-order chi connectivity index (χ0) is 17.9. The van der Waals surface area contributed by atoms with Crippen molar-refractivity contribution >= 4 is 17.6 Å². The van der Waals surface area contributed by atoms with Gasteiger partial charge >= 0.3 is 5.97 Å². The Morgan fingerprint density at radius 3 is 2.58 bits per heavy atom. The molecule has 0 aliphatic carbocycles. The van der Waals surface area contributed by atoms with Gasteiger partial charge in [0.25, 0.3) is 0 Å². The minimum absolute atomic E-state index is 0.180. The fraction of sp³-hybridized carbons (Fsp3) is 0.750. The van der Waals surface area contributed by atoms with Crippen LogP contribution < -0.4 is 21.4 Å². The van der Waals surface area contributed by atoms with Crippen molar-refractivity contribution in [1.29, 1.82) is 0 Å². The lowest BCUT2D eigenvalue weighted by Gasteiger charge is -2.24. The Morgan fingerprint density at radius 2 is 2.04 bits per heavy atom. The minimum Gasteiger partial charge on any atom is -0.446 e. The molecule has 0 radical (unpaired) electrons. The van der Waals surface area contributed by atoms with Crippen molar-refractivity contribution in [2.75, 3.05) is 43.7 Å². The highest BCUT2D eigenvalue weighted by Crippen LogP contribution is 2.31. The van der Waals surface area contributed by atoms with E-state index in [1.807, 2.05) is 41.9 Å². The lowest BCUT2D eigenvalue weighted by atomic mass is 9.96.